The fourth-order valence-corrected chi connectivity index (χ4v) is 6.51. The zero-order chi connectivity index (χ0) is 18.8. The summed E-state index contributed by atoms with van der Waals surface area (Å²) in [4.78, 5) is 32.4. The van der Waals surface area contributed by atoms with E-state index in [9.17, 15) is 14.5 Å². The third kappa shape index (κ3) is 20.4. The summed E-state index contributed by atoms with van der Waals surface area (Å²) >= 11 is -2.04. The van der Waals surface area contributed by atoms with E-state index in [0.717, 1.165) is 8.87 Å². The van der Waals surface area contributed by atoms with E-state index in [-0.39, 0.29) is 11.9 Å². The molecule has 0 atom stereocenters. The van der Waals surface area contributed by atoms with E-state index >= 15 is 0 Å². The number of hydrogen-bond acceptors (Lipinski definition) is 7. The van der Waals surface area contributed by atoms with Crippen LogP contribution < -0.4 is 4.89 Å². The van der Waals surface area contributed by atoms with Crippen LogP contribution in [-0.2, 0) is 28.1 Å². The summed E-state index contributed by atoms with van der Waals surface area (Å²) in [6.07, 6.45) is 0.768. The standard InChI is InChI=1S/2C5H9O2.C4H10O3P.ClH.Sn/c2*1-3-5(6)7-4-2;1-3-6-8(5)7-4-2;;/h2*1,3-4H2,2H3;3-4H2,1-2H3;1H;/q;;-1;;+2/p-1. The molecule has 0 aromatic rings. The second kappa shape index (κ2) is 19.7. The molecule has 0 aliphatic rings. The minimum absolute atomic E-state index is 0.197. The van der Waals surface area contributed by atoms with Gasteiger partial charge in [-0.1, -0.05) is 0 Å². The first-order chi connectivity index (χ1) is 11.4. The molecule has 0 saturated heterocycles. The zero-order valence-corrected chi connectivity index (χ0v) is 19.3. The monoisotopic (exact) mass is 494 g/mol. The molecule has 0 spiro atoms. The summed E-state index contributed by atoms with van der Waals surface area (Å²) in [6.45, 7) is 8.78. The molecular formula is C14H28ClO7PSn. The summed E-state index contributed by atoms with van der Waals surface area (Å²) in [5, 5.41) is 0. The van der Waals surface area contributed by atoms with Gasteiger partial charge in [0.1, 0.15) is 0 Å². The number of halogens is 1. The van der Waals surface area contributed by atoms with Crippen LogP contribution in [-0.4, -0.2) is 57.0 Å². The maximum absolute atomic E-state index is 11.0. The number of ether oxygens (including phenoxy) is 2. The van der Waals surface area contributed by atoms with Gasteiger partial charge in [-0.25, -0.2) is 0 Å². The fraction of sp³-hybridized carbons (Fsp3) is 0.857. The van der Waals surface area contributed by atoms with Gasteiger partial charge in [0.05, 0.1) is 8.60 Å². The molecule has 0 unspecified atom stereocenters. The maximum atomic E-state index is 11.0. The normalized spacial score (nSPS) is 9.96. The Morgan fingerprint density at radius 3 is 1.54 bits per heavy atom. The second-order valence-corrected chi connectivity index (χ2v) is 14.5. The van der Waals surface area contributed by atoms with Gasteiger partial charge < -0.3 is 13.9 Å². The van der Waals surface area contributed by atoms with Gasteiger partial charge in [-0.05, 0) is 13.8 Å². The van der Waals surface area contributed by atoms with Crippen molar-refractivity contribution >= 4 is 48.1 Å². The first-order valence-electron chi connectivity index (χ1n) is 7.95. The van der Waals surface area contributed by atoms with Crippen molar-refractivity contribution in [3.8, 4) is 0 Å². The largest absolute Gasteiger partial charge is 0.786 e. The zero-order valence-electron chi connectivity index (χ0n) is 14.8. The number of hydrogen-bond donors (Lipinski definition) is 0. The third-order valence-corrected chi connectivity index (χ3v) is 10.3. The van der Waals surface area contributed by atoms with Gasteiger partial charge in [-0.3, -0.25) is 0 Å². The van der Waals surface area contributed by atoms with Gasteiger partial charge in [-0.15, -0.1) is 0 Å². The van der Waals surface area contributed by atoms with E-state index in [2.05, 4.69) is 9.05 Å². The summed E-state index contributed by atoms with van der Waals surface area (Å²) in [7, 11) is 4.32. The summed E-state index contributed by atoms with van der Waals surface area (Å²) in [5.41, 5.74) is 0. The molecule has 0 radical (unpaired) electrons. The van der Waals surface area contributed by atoms with E-state index in [1.807, 2.05) is 0 Å². The van der Waals surface area contributed by atoms with Gasteiger partial charge in [0.25, 0.3) is 0 Å². The van der Waals surface area contributed by atoms with Gasteiger partial charge in [0.15, 0.2) is 0 Å². The molecule has 142 valence electrons. The van der Waals surface area contributed by atoms with Crippen LogP contribution in [0.15, 0.2) is 0 Å². The molecule has 0 aromatic heterocycles. The Morgan fingerprint density at radius 1 is 0.875 bits per heavy atom. The van der Waals surface area contributed by atoms with Crippen molar-refractivity contribution in [1.82, 2.24) is 0 Å². The van der Waals surface area contributed by atoms with Gasteiger partial charge in [0, 0.05) is 13.2 Å². The van der Waals surface area contributed by atoms with Crippen molar-refractivity contribution < 1.29 is 33.0 Å². The number of carbonyl (C=O) groups excluding carboxylic acids is 2. The van der Waals surface area contributed by atoms with Crippen molar-refractivity contribution in [2.45, 2.75) is 49.4 Å². The Morgan fingerprint density at radius 2 is 1.25 bits per heavy atom. The number of esters is 2. The smallest absolute Gasteiger partial charge is 0.0828 e. The van der Waals surface area contributed by atoms with Crippen molar-refractivity contribution in [3.05, 3.63) is 0 Å². The second-order valence-electron chi connectivity index (χ2n) is 4.19. The van der Waals surface area contributed by atoms with Crippen molar-refractivity contribution in [2.24, 2.45) is 0 Å². The Kier molecular flexibility index (Phi) is 21.8. The molecule has 0 amide bonds. The molecule has 0 saturated carbocycles. The van der Waals surface area contributed by atoms with Gasteiger partial charge in [0.2, 0.25) is 0 Å². The Balaban J connectivity index is 0. The van der Waals surface area contributed by atoms with Crippen LogP contribution in [0.4, 0.5) is 0 Å². The topological polar surface area (TPSA) is 94.1 Å². The fourth-order valence-electron chi connectivity index (χ4n) is 1.31. The summed E-state index contributed by atoms with van der Waals surface area (Å²) in [5.74, 6) is -0.394. The molecule has 7 nitrogen and oxygen atoms in total. The van der Waals surface area contributed by atoms with E-state index in [0.29, 0.717) is 39.3 Å². The minimum Gasteiger partial charge on any atom is -0.786 e. The molecule has 0 N–H and O–H groups in total. The van der Waals surface area contributed by atoms with Gasteiger partial charge >= 0.3 is 107 Å². The van der Waals surface area contributed by atoms with Crippen LogP contribution in [0.2, 0.25) is 8.87 Å². The van der Waals surface area contributed by atoms with Crippen LogP contribution in [0.5, 0.6) is 0 Å². The van der Waals surface area contributed by atoms with Crippen LogP contribution in [0.1, 0.15) is 40.5 Å². The average molecular weight is 494 g/mol. The minimum atomic E-state index is -2.04. The van der Waals surface area contributed by atoms with Crippen LogP contribution in [0, 0.1) is 0 Å². The first-order valence-corrected chi connectivity index (χ1v) is 16.7. The third-order valence-electron chi connectivity index (χ3n) is 2.28. The van der Waals surface area contributed by atoms with E-state index in [1.54, 1.807) is 27.7 Å². The van der Waals surface area contributed by atoms with Crippen molar-refractivity contribution in [1.29, 1.82) is 0 Å². The van der Waals surface area contributed by atoms with Crippen molar-refractivity contribution in [3.63, 3.8) is 0 Å². The maximum Gasteiger partial charge on any atom is 0.0828 e. The predicted molar refractivity (Wildman–Crippen MR) is 93.9 cm³/mol. The van der Waals surface area contributed by atoms with Crippen molar-refractivity contribution in [2.75, 3.05) is 26.4 Å². The number of carbonyl (C=O) groups is 2. The molecule has 0 aliphatic heterocycles. The van der Waals surface area contributed by atoms with Crippen LogP contribution in [0.25, 0.3) is 0 Å². The quantitative estimate of drug-likeness (QED) is 0.234. The summed E-state index contributed by atoms with van der Waals surface area (Å²) < 4.78 is 20.2. The van der Waals surface area contributed by atoms with E-state index in [4.69, 9.17) is 18.4 Å². The molecule has 0 heterocycles. The van der Waals surface area contributed by atoms with Crippen LogP contribution in [0.3, 0.4) is 0 Å². The molecule has 0 bridgehead atoms. The van der Waals surface area contributed by atoms with E-state index in [1.165, 1.54) is 0 Å². The average Bonchev–Trinajstić information content (AvgIpc) is 2.53. The Labute approximate surface area is 156 Å². The molecule has 0 aromatic carbocycles. The molecular weight excluding hydrogens is 465 g/mol. The molecule has 0 fully saturated rings. The predicted octanol–water partition coefficient (Wildman–Crippen LogP) is 2.77. The Bertz CT molecular complexity index is 295. The molecule has 0 aliphatic carbocycles. The first kappa shape index (κ1) is 26.6. The van der Waals surface area contributed by atoms with Crippen LogP contribution >= 0.6 is 17.5 Å². The summed E-state index contributed by atoms with van der Waals surface area (Å²) in [6, 6.07) is 0. The molecule has 24 heavy (non-hydrogen) atoms. The number of rotatable bonds is 12. The van der Waals surface area contributed by atoms with E-state index < -0.39 is 27.2 Å². The van der Waals surface area contributed by atoms with Gasteiger partial charge in [-0.2, -0.15) is 0 Å². The SMILES string of the molecule is CCOC(=O)C[CH2][Sn+]([Cl])[CH2]CC(=O)OCC.CCOP([O-])OCC. The molecule has 0 rings (SSSR count). The Hall–Kier alpha value is 0.339. The molecule has 10 heteroatoms.